The van der Waals surface area contributed by atoms with Crippen LogP contribution in [0.4, 0.5) is 0 Å². The predicted octanol–water partition coefficient (Wildman–Crippen LogP) is -3.81. The second kappa shape index (κ2) is 10.2. The summed E-state index contributed by atoms with van der Waals surface area (Å²) in [5.74, 6) is 0. The van der Waals surface area contributed by atoms with E-state index in [9.17, 15) is 35.7 Å². The van der Waals surface area contributed by atoms with E-state index in [2.05, 4.69) is 0 Å². The highest BCUT2D eigenvalue weighted by Gasteiger charge is 2.50. The lowest BCUT2D eigenvalue weighted by molar-refractivity contribution is -0.338. The van der Waals surface area contributed by atoms with E-state index in [1.165, 1.54) is 0 Å². The SMILES string of the molecule is CN(C)C(=S)S[C@@H]1O[C@H](CO)[C@@H](O[C@H]2O[C@H](CO)[C@@H](O)[C@H](O)[C@H]2O)[C@H](O)[C@H]1O. The highest BCUT2D eigenvalue weighted by Crippen LogP contribution is 2.33. The van der Waals surface area contributed by atoms with Crippen LogP contribution in [-0.2, 0) is 14.2 Å². The number of nitrogens with zero attached hydrogens (tertiary/aromatic N) is 1. The first-order chi connectivity index (χ1) is 13.1. The molecule has 0 aromatic carbocycles. The molecule has 13 heteroatoms. The van der Waals surface area contributed by atoms with Crippen LogP contribution in [0.2, 0.25) is 0 Å². The van der Waals surface area contributed by atoms with Gasteiger partial charge in [-0.3, -0.25) is 0 Å². The number of aliphatic hydroxyl groups excluding tert-OH is 7. The first-order valence-electron chi connectivity index (χ1n) is 8.58. The number of aliphatic hydroxyl groups is 7. The first-order valence-corrected chi connectivity index (χ1v) is 9.87. The minimum absolute atomic E-state index is 0.390. The monoisotopic (exact) mass is 445 g/mol. The van der Waals surface area contributed by atoms with Crippen LogP contribution in [0.5, 0.6) is 0 Å². The summed E-state index contributed by atoms with van der Waals surface area (Å²) in [4.78, 5) is 1.62. The van der Waals surface area contributed by atoms with Crippen LogP contribution in [0.15, 0.2) is 0 Å². The largest absolute Gasteiger partial charge is 0.394 e. The van der Waals surface area contributed by atoms with Gasteiger partial charge in [-0.1, -0.05) is 24.0 Å². The Labute approximate surface area is 171 Å². The van der Waals surface area contributed by atoms with Gasteiger partial charge in [0.25, 0.3) is 0 Å². The van der Waals surface area contributed by atoms with E-state index in [0.717, 1.165) is 11.8 Å². The van der Waals surface area contributed by atoms with Crippen molar-refractivity contribution in [3.8, 4) is 0 Å². The molecule has 2 fully saturated rings. The van der Waals surface area contributed by atoms with Gasteiger partial charge in [0.15, 0.2) is 6.29 Å². The molecule has 0 aromatic heterocycles. The fourth-order valence-corrected chi connectivity index (χ4v) is 4.05. The topological polar surface area (TPSA) is 173 Å². The summed E-state index contributed by atoms with van der Waals surface area (Å²) in [6.07, 6.45) is -13.1. The van der Waals surface area contributed by atoms with Crippen molar-refractivity contribution >= 4 is 28.3 Å². The Bertz CT molecular complexity index is 525. The number of rotatable bonds is 5. The highest BCUT2D eigenvalue weighted by molar-refractivity contribution is 8.23. The maximum Gasteiger partial charge on any atom is 0.187 e. The van der Waals surface area contributed by atoms with E-state index in [-0.39, 0.29) is 0 Å². The third-order valence-electron chi connectivity index (χ3n) is 4.54. The minimum atomic E-state index is -1.70. The van der Waals surface area contributed by atoms with Crippen molar-refractivity contribution in [2.24, 2.45) is 0 Å². The smallest absolute Gasteiger partial charge is 0.187 e. The average Bonchev–Trinajstić information content (AvgIpc) is 2.67. The van der Waals surface area contributed by atoms with Crippen LogP contribution in [0.1, 0.15) is 0 Å². The van der Waals surface area contributed by atoms with E-state index in [0.29, 0.717) is 4.32 Å². The summed E-state index contributed by atoms with van der Waals surface area (Å²) in [5, 5.41) is 69.5. The molecular weight excluding hydrogens is 418 g/mol. The molecule has 0 spiro atoms. The molecular formula is C15H27NO10S2. The average molecular weight is 446 g/mol. The fraction of sp³-hybridized carbons (Fsp3) is 0.933. The molecule has 0 saturated carbocycles. The summed E-state index contributed by atoms with van der Waals surface area (Å²) >= 11 is 6.13. The van der Waals surface area contributed by atoms with Crippen molar-refractivity contribution in [3.63, 3.8) is 0 Å². The Morgan fingerprint density at radius 2 is 1.50 bits per heavy atom. The summed E-state index contributed by atoms with van der Waals surface area (Å²) in [7, 11) is 3.41. The molecule has 2 saturated heterocycles. The molecule has 0 aromatic rings. The maximum atomic E-state index is 10.5. The van der Waals surface area contributed by atoms with Crippen molar-refractivity contribution in [2.75, 3.05) is 27.3 Å². The molecule has 164 valence electrons. The molecule has 7 N–H and O–H groups in total. The standard InChI is InChI=1S/C15H27NO10S2/c1-16(2)15(27)28-14-11(23)9(21)12(6(4-18)25-14)26-13-10(22)8(20)7(19)5(3-17)24-13/h5-14,17-23H,3-4H2,1-2H3/t5-,6-,7-,8+,9-,10-,11-,12-,13-,14+/m1/s1. The summed E-state index contributed by atoms with van der Waals surface area (Å²) in [6.45, 7) is -1.24. The molecule has 0 unspecified atom stereocenters. The number of hydrogen-bond donors (Lipinski definition) is 7. The van der Waals surface area contributed by atoms with Crippen LogP contribution in [0, 0.1) is 0 Å². The molecule has 2 aliphatic heterocycles. The molecule has 11 nitrogen and oxygen atoms in total. The lowest BCUT2D eigenvalue weighted by Gasteiger charge is -2.46. The van der Waals surface area contributed by atoms with E-state index < -0.39 is 73.8 Å². The van der Waals surface area contributed by atoms with Gasteiger partial charge in [0.2, 0.25) is 0 Å². The summed E-state index contributed by atoms with van der Waals surface area (Å²) < 4.78 is 16.7. The van der Waals surface area contributed by atoms with Gasteiger partial charge in [0.1, 0.15) is 58.6 Å². The van der Waals surface area contributed by atoms with Gasteiger partial charge in [0, 0.05) is 14.1 Å². The highest BCUT2D eigenvalue weighted by atomic mass is 32.2. The summed E-state index contributed by atoms with van der Waals surface area (Å²) in [6, 6.07) is 0. The molecule has 28 heavy (non-hydrogen) atoms. The molecule has 0 radical (unpaired) electrons. The quantitative estimate of drug-likeness (QED) is 0.206. The molecule has 0 bridgehead atoms. The molecule has 2 rings (SSSR count). The normalized spacial score (nSPS) is 44.3. The number of thioether (sulfide) groups is 1. The van der Waals surface area contributed by atoms with Crippen LogP contribution in [0.25, 0.3) is 0 Å². The molecule has 0 aliphatic carbocycles. The van der Waals surface area contributed by atoms with Gasteiger partial charge in [-0.15, -0.1) is 0 Å². The third kappa shape index (κ3) is 5.11. The van der Waals surface area contributed by atoms with Crippen LogP contribution in [0.3, 0.4) is 0 Å². The Hall–Kier alpha value is -0.160. The Balaban J connectivity index is 2.11. The van der Waals surface area contributed by atoms with Gasteiger partial charge < -0.3 is 54.9 Å². The Kier molecular flexibility index (Phi) is 8.82. The lowest BCUT2D eigenvalue weighted by atomic mass is 9.97. The van der Waals surface area contributed by atoms with Gasteiger partial charge in [0.05, 0.1) is 13.2 Å². The van der Waals surface area contributed by atoms with Crippen molar-refractivity contribution in [1.82, 2.24) is 4.90 Å². The van der Waals surface area contributed by atoms with Gasteiger partial charge in [-0.05, 0) is 0 Å². The van der Waals surface area contributed by atoms with Crippen molar-refractivity contribution in [2.45, 2.75) is 60.6 Å². The van der Waals surface area contributed by atoms with Gasteiger partial charge in [-0.2, -0.15) is 0 Å². The lowest BCUT2D eigenvalue weighted by Crippen LogP contribution is -2.64. The molecule has 0 amide bonds. The Morgan fingerprint density at radius 3 is 2.04 bits per heavy atom. The van der Waals surface area contributed by atoms with E-state index in [1.807, 2.05) is 0 Å². The van der Waals surface area contributed by atoms with E-state index in [4.69, 9.17) is 26.4 Å². The molecule has 2 aliphatic rings. The second-order valence-corrected chi connectivity index (χ2v) is 8.51. The fourth-order valence-electron chi connectivity index (χ4n) is 2.86. The zero-order chi connectivity index (χ0) is 21.2. The minimum Gasteiger partial charge on any atom is -0.394 e. The van der Waals surface area contributed by atoms with Crippen molar-refractivity contribution < 1.29 is 50.0 Å². The zero-order valence-electron chi connectivity index (χ0n) is 15.3. The molecule has 10 atom stereocenters. The first kappa shape index (κ1) is 24.1. The van der Waals surface area contributed by atoms with Crippen molar-refractivity contribution in [3.05, 3.63) is 0 Å². The predicted molar refractivity (Wildman–Crippen MR) is 100 cm³/mol. The van der Waals surface area contributed by atoms with Crippen LogP contribution < -0.4 is 0 Å². The van der Waals surface area contributed by atoms with Crippen molar-refractivity contribution in [1.29, 1.82) is 0 Å². The number of thiocarbonyl (C=S) groups is 1. The van der Waals surface area contributed by atoms with E-state index >= 15 is 0 Å². The molecule has 2 heterocycles. The number of ether oxygens (including phenoxy) is 3. The second-order valence-electron chi connectivity index (χ2n) is 6.78. The van der Waals surface area contributed by atoms with E-state index in [1.54, 1.807) is 19.0 Å². The van der Waals surface area contributed by atoms with Gasteiger partial charge >= 0.3 is 0 Å². The maximum absolute atomic E-state index is 10.5. The zero-order valence-corrected chi connectivity index (χ0v) is 16.9. The summed E-state index contributed by atoms with van der Waals surface area (Å²) in [5.41, 5.74) is -0.975. The van der Waals surface area contributed by atoms with Crippen LogP contribution >= 0.6 is 24.0 Å². The third-order valence-corrected chi connectivity index (χ3v) is 6.39. The van der Waals surface area contributed by atoms with Gasteiger partial charge in [-0.25, -0.2) is 0 Å². The Morgan fingerprint density at radius 1 is 0.893 bits per heavy atom. The number of hydrogen-bond acceptors (Lipinski definition) is 12. The van der Waals surface area contributed by atoms with Crippen LogP contribution in [-0.4, -0.2) is 133 Å².